The summed E-state index contributed by atoms with van der Waals surface area (Å²) < 4.78 is 15.1. The molecule has 0 N–H and O–H groups in total. The fourth-order valence-electron chi connectivity index (χ4n) is 0.659. The van der Waals surface area contributed by atoms with Crippen LogP contribution in [0.1, 0.15) is 0 Å². The lowest BCUT2D eigenvalue weighted by Crippen LogP contribution is -2.06. The zero-order chi connectivity index (χ0) is 8.10. The van der Waals surface area contributed by atoms with Crippen LogP contribution in [0.4, 0.5) is 0 Å². The lowest BCUT2D eigenvalue weighted by atomic mass is 10.5. The van der Waals surface area contributed by atoms with E-state index < -0.39 is 0 Å². The molecule has 0 bridgehead atoms. The zero-order valence-electron chi connectivity index (χ0n) is 6.36. The van der Waals surface area contributed by atoms with Gasteiger partial charge in [0.15, 0.2) is 0 Å². The maximum atomic E-state index is 5.23. The van der Waals surface area contributed by atoms with Crippen molar-refractivity contribution in [1.29, 1.82) is 0 Å². The maximum Gasteiger partial charge on any atom is 0.104 e. The molecule has 2 aliphatic heterocycles. The van der Waals surface area contributed by atoms with Gasteiger partial charge in [-0.3, -0.25) is 0 Å². The van der Waals surface area contributed by atoms with Crippen molar-refractivity contribution in [2.45, 2.75) is 12.2 Å². The third kappa shape index (κ3) is 3.99. The molecule has 0 saturated carbocycles. The second-order valence-corrected chi connectivity index (χ2v) is 2.45. The Kier molecular flexibility index (Phi) is 3.37. The van der Waals surface area contributed by atoms with Gasteiger partial charge in [0.25, 0.3) is 0 Å². The predicted molar refractivity (Wildman–Crippen MR) is 40.2 cm³/mol. The molecule has 2 unspecified atom stereocenters. The number of terminal acetylenes is 1. The monoisotopic (exact) mass is 156 g/mol. The van der Waals surface area contributed by atoms with Crippen LogP contribution in [0.5, 0.6) is 0 Å². The van der Waals surface area contributed by atoms with E-state index in [0.29, 0.717) is 12.2 Å². The molecule has 0 amide bonds. The first-order valence-corrected chi connectivity index (χ1v) is 3.59. The number of rotatable bonds is 4. The van der Waals surface area contributed by atoms with Crippen LogP contribution >= 0.6 is 0 Å². The molecular weight excluding hydrogens is 144 g/mol. The summed E-state index contributed by atoms with van der Waals surface area (Å²) in [5, 5.41) is 0. The van der Waals surface area contributed by atoms with Crippen LogP contribution in [-0.4, -0.2) is 38.6 Å². The average Bonchev–Trinajstić information content (AvgIpc) is 2.86. The molecule has 3 nitrogen and oxygen atoms in total. The van der Waals surface area contributed by atoms with Gasteiger partial charge in [-0.05, 0) is 0 Å². The average molecular weight is 156 g/mol. The van der Waals surface area contributed by atoms with Gasteiger partial charge in [-0.2, -0.15) is 0 Å². The molecule has 0 aromatic heterocycles. The van der Waals surface area contributed by atoms with Gasteiger partial charge in [0.05, 0.1) is 26.4 Å². The van der Waals surface area contributed by atoms with Crippen molar-refractivity contribution >= 4 is 0 Å². The smallest absolute Gasteiger partial charge is 0.104 e. The van der Waals surface area contributed by atoms with E-state index in [1.54, 1.807) is 0 Å². The van der Waals surface area contributed by atoms with E-state index in [9.17, 15) is 0 Å². The molecule has 2 fully saturated rings. The quantitative estimate of drug-likeness (QED) is 0.426. The molecule has 0 aliphatic carbocycles. The zero-order valence-corrected chi connectivity index (χ0v) is 6.36. The molecule has 0 spiro atoms. The predicted octanol–water partition coefficient (Wildman–Crippen LogP) is 0.0500. The van der Waals surface area contributed by atoms with Crippen molar-refractivity contribution < 1.29 is 14.2 Å². The highest BCUT2D eigenvalue weighted by Gasteiger charge is 2.26. The summed E-state index contributed by atoms with van der Waals surface area (Å²) in [5.74, 6) is 0. The van der Waals surface area contributed by atoms with Crippen molar-refractivity contribution in [3.05, 3.63) is 0 Å². The first-order valence-electron chi connectivity index (χ1n) is 3.59. The van der Waals surface area contributed by atoms with E-state index in [0.717, 1.165) is 26.4 Å². The first-order chi connectivity index (χ1) is 5.45. The highest BCUT2D eigenvalue weighted by Crippen LogP contribution is 2.12. The molecule has 0 radical (unpaired) electrons. The van der Waals surface area contributed by atoms with E-state index in [4.69, 9.17) is 14.2 Å². The highest BCUT2D eigenvalue weighted by atomic mass is 16.6. The number of hydrogen-bond donors (Lipinski definition) is 0. The van der Waals surface area contributed by atoms with Gasteiger partial charge in [0.2, 0.25) is 0 Å². The Balaban J connectivity index is 0.000000281. The standard InChI is InChI=1S/C6H10O3.C2H2/c1(5-3-8-5)7-2-6-4-9-6;1-2/h5-6H,1-4H2;1-2H. The van der Waals surface area contributed by atoms with Crippen LogP contribution in [0.2, 0.25) is 0 Å². The Hall–Kier alpha value is -0.560. The Morgan fingerprint density at radius 2 is 1.45 bits per heavy atom. The Morgan fingerprint density at radius 3 is 1.73 bits per heavy atom. The summed E-state index contributed by atoms with van der Waals surface area (Å²) in [5.41, 5.74) is 0. The lowest BCUT2D eigenvalue weighted by molar-refractivity contribution is 0.102. The molecule has 2 atom stereocenters. The summed E-state index contributed by atoms with van der Waals surface area (Å²) >= 11 is 0. The minimum atomic E-state index is 0.392. The van der Waals surface area contributed by atoms with E-state index in [2.05, 4.69) is 12.8 Å². The SMILES string of the molecule is C#C.C(OCC1CO1)C1CO1. The molecule has 2 aliphatic rings. The Morgan fingerprint density at radius 1 is 1.09 bits per heavy atom. The van der Waals surface area contributed by atoms with Crippen molar-refractivity contribution in [3.63, 3.8) is 0 Å². The summed E-state index contributed by atoms with van der Waals surface area (Å²) in [7, 11) is 0. The topological polar surface area (TPSA) is 34.3 Å². The van der Waals surface area contributed by atoms with Gasteiger partial charge in [-0.25, -0.2) is 0 Å². The highest BCUT2D eigenvalue weighted by molar-refractivity contribution is 4.71. The van der Waals surface area contributed by atoms with Gasteiger partial charge in [-0.1, -0.05) is 0 Å². The fraction of sp³-hybridized carbons (Fsp3) is 0.750. The van der Waals surface area contributed by atoms with E-state index in [-0.39, 0.29) is 0 Å². The van der Waals surface area contributed by atoms with Crippen molar-refractivity contribution in [2.75, 3.05) is 26.4 Å². The van der Waals surface area contributed by atoms with Gasteiger partial charge in [0.1, 0.15) is 12.2 Å². The van der Waals surface area contributed by atoms with Gasteiger partial charge < -0.3 is 14.2 Å². The Bertz CT molecular complexity index is 113. The summed E-state index contributed by atoms with van der Waals surface area (Å²) in [6.07, 6.45) is 8.78. The van der Waals surface area contributed by atoms with Gasteiger partial charge in [-0.15, -0.1) is 12.8 Å². The number of epoxide rings is 2. The van der Waals surface area contributed by atoms with Crippen LogP contribution in [0.25, 0.3) is 0 Å². The van der Waals surface area contributed by atoms with Crippen molar-refractivity contribution in [3.8, 4) is 12.8 Å². The molecule has 0 aromatic carbocycles. The number of hydrogen-bond acceptors (Lipinski definition) is 3. The van der Waals surface area contributed by atoms with Crippen molar-refractivity contribution in [2.24, 2.45) is 0 Å². The summed E-state index contributed by atoms with van der Waals surface area (Å²) in [6.45, 7) is 3.26. The van der Waals surface area contributed by atoms with E-state index in [1.807, 2.05) is 0 Å². The van der Waals surface area contributed by atoms with Crippen LogP contribution in [0.15, 0.2) is 0 Å². The molecule has 2 heterocycles. The molecular formula is C8H12O3. The largest absolute Gasteiger partial charge is 0.376 e. The van der Waals surface area contributed by atoms with E-state index >= 15 is 0 Å². The normalized spacial score (nSPS) is 31.8. The second kappa shape index (κ2) is 4.35. The second-order valence-electron chi connectivity index (χ2n) is 2.45. The van der Waals surface area contributed by atoms with Crippen LogP contribution in [0.3, 0.4) is 0 Å². The van der Waals surface area contributed by atoms with Gasteiger partial charge in [0, 0.05) is 0 Å². The van der Waals surface area contributed by atoms with Gasteiger partial charge >= 0.3 is 0 Å². The summed E-state index contributed by atoms with van der Waals surface area (Å²) in [6, 6.07) is 0. The third-order valence-electron chi connectivity index (χ3n) is 1.41. The van der Waals surface area contributed by atoms with Crippen LogP contribution < -0.4 is 0 Å². The minimum Gasteiger partial charge on any atom is -0.376 e. The number of ether oxygens (including phenoxy) is 3. The molecule has 3 heteroatoms. The molecule has 2 rings (SSSR count). The van der Waals surface area contributed by atoms with E-state index in [1.165, 1.54) is 0 Å². The Labute approximate surface area is 66.6 Å². The first kappa shape index (κ1) is 8.54. The summed E-state index contributed by atoms with van der Waals surface area (Å²) in [4.78, 5) is 0. The van der Waals surface area contributed by atoms with Crippen molar-refractivity contribution in [1.82, 2.24) is 0 Å². The van der Waals surface area contributed by atoms with Crippen LogP contribution in [0, 0.1) is 12.8 Å². The van der Waals surface area contributed by atoms with Crippen LogP contribution in [-0.2, 0) is 14.2 Å². The maximum absolute atomic E-state index is 5.23. The third-order valence-corrected chi connectivity index (χ3v) is 1.41. The lowest BCUT2D eigenvalue weighted by Gasteiger charge is -1.95. The fourth-order valence-corrected chi connectivity index (χ4v) is 0.659. The molecule has 62 valence electrons. The molecule has 2 saturated heterocycles. The molecule has 0 aromatic rings. The molecule has 11 heavy (non-hydrogen) atoms. The minimum absolute atomic E-state index is 0.392.